The van der Waals surface area contributed by atoms with E-state index in [9.17, 15) is 4.79 Å². The lowest BCUT2D eigenvalue weighted by atomic mass is 9.97. The van der Waals surface area contributed by atoms with Gasteiger partial charge in [0.15, 0.2) is 5.78 Å². The minimum Gasteiger partial charge on any atom is -0.294 e. The molecule has 76 valence electrons. The standard InChI is InChI=1S/C11H16N2O/c1-3-4-9(2)7-11(14)10-5-6-12-13-8-10/h5-6,8-9H,3-4,7H2,1-2H3. The van der Waals surface area contributed by atoms with Crippen molar-refractivity contribution in [2.75, 3.05) is 0 Å². The lowest BCUT2D eigenvalue weighted by Crippen LogP contribution is -2.06. The molecule has 1 atom stereocenters. The van der Waals surface area contributed by atoms with Gasteiger partial charge in [-0.2, -0.15) is 10.2 Å². The molecule has 14 heavy (non-hydrogen) atoms. The first-order valence-corrected chi connectivity index (χ1v) is 5.04. The van der Waals surface area contributed by atoms with Gasteiger partial charge < -0.3 is 0 Å². The number of nitrogens with zero attached hydrogens (tertiary/aromatic N) is 2. The molecular formula is C11H16N2O. The Kier molecular flexibility index (Phi) is 4.23. The van der Waals surface area contributed by atoms with Crippen molar-refractivity contribution in [2.45, 2.75) is 33.1 Å². The van der Waals surface area contributed by atoms with E-state index >= 15 is 0 Å². The normalized spacial score (nSPS) is 12.4. The zero-order valence-corrected chi connectivity index (χ0v) is 8.73. The summed E-state index contributed by atoms with van der Waals surface area (Å²) in [4.78, 5) is 11.7. The summed E-state index contributed by atoms with van der Waals surface area (Å²) < 4.78 is 0. The van der Waals surface area contributed by atoms with Crippen LogP contribution in [-0.4, -0.2) is 16.0 Å². The first-order valence-electron chi connectivity index (χ1n) is 5.04. The second-order valence-electron chi connectivity index (χ2n) is 3.65. The molecule has 0 aliphatic rings. The van der Waals surface area contributed by atoms with E-state index in [-0.39, 0.29) is 5.78 Å². The summed E-state index contributed by atoms with van der Waals surface area (Å²) in [5, 5.41) is 7.33. The molecule has 3 heteroatoms. The molecule has 0 radical (unpaired) electrons. The molecule has 1 unspecified atom stereocenters. The highest BCUT2D eigenvalue weighted by Gasteiger charge is 2.10. The average Bonchev–Trinajstić information content (AvgIpc) is 2.19. The molecule has 1 rings (SSSR count). The number of aromatic nitrogens is 2. The summed E-state index contributed by atoms with van der Waals surface area (Å²) in [5.41, 5.74) is 0.669. The Hall–Kier alpha value is -1.25. The van der Waals surface area contributed by atoms with Gasteiger partial charge >= 0.3 is 0 Å². The van der Waals surface area contributed by atoms with Crippen molar-refractivity contribution in [1.29, 1.82) is 0 Å². The SMILES string of the molecule is CCCC(C)CC(=O)c1ccnnc1. The van der Waals surface area contributed by atoms with Gasteiger partial charge in [0.2, 0.25) is 0 Å². The van der Waals surface area contributed by atoms with Gasteiger partial charge in [0.1, 0.15) is 0 Å². The van der Waals surface area contributed by atoms with E-state index in [1.807, 2.05) is 0 Å². The number of carbonyl (C=O) groups is 1. The third-order valence-electron chi connectivity index (χ3n) is 2.22. The van der Waals surface area contributed by atoms with Crippen molar-refractivity contribution in [2.24, 2.45) is 5.92 Å². The lowest BCUT2D eigenvalue weighted by Gasteiger charge is -2.07. The molecule has 0 saturated heterocycles. The Bertz CT molecular complexity index is 285. The second-order valence-corrected chi connectivity index (χ2v) is 3.65. The first-order chi connectivity index (χ1) is 6.74. The van der Waals surface area contributed by atoms with E-state index in [0.29, 0.717) is 17.9 Å². The quantitative estimate of drug-likeness (QED) is 0.673. The zero-order valence-electron chi connectivity index (χ0n) is 8.73. The Balaban J connectivity index is 2.51. The molecule has 0 N–H and O–H groups in total. The summed E-state index contributed by atoms with van der Waals surface area (Å²) in [6, 6.07) is 1.72. The molecule has 0 aromatic carbocycles. The van der Waals surface area contributed by atoms with Crippen molar-refractivity contribution in [1.82, 2.24) is 10.2 Å². The maximum atomic E-state index is 11.7. The van der Waals surface area contributed by atoms with Gasteiger partial charge in [-0.25, -0.2) is 0 Å². The molecule has 1 aromatic rings. The minimum atomic E-state index is 0.167. The summed E-state index contributed by atoms with van der Waals surface area (Å²) in [6.45, 7) is 4.24. The monoisotopic (exact) mass is 192 g/mol. The lowest BCUT2D eigenvalue weighted by molar-refractivity contribution is 0.0962. The fourth-order valence-corrected chi connectivity index (χ4v) is 1.48. The van der Waals surface area contributed by atoms with Crippen LogP contribution in [0.2, 0.25) is 0 Å². The van der Waals surface area contributed by atoms with Crippen LogP contribution >= 0.6 is 0 Å². The number of hydrogen-bond acceptors (Lipinski definition) is 3. The van der Waals surface area contributed by atoms with Crippen LogP contribution in [0.1, 0.15) is 43.5 Å². The molecule has 3 nitrogen and oxygen atoms in total. The van der Waals surface area contributed by atoms with Gasteiger partial charge in [-0.15, -0.1) is 0 Å². The van der Waals surface area contributed by atoms with E-state index in [2.05, 4.69) is 24.0 Å². The van der Waals surface area contributed by atoms with E-state index < -0.39 is 0 Å². The highest BCUT2D eigenvalue weighted by Crippen LogP contribution is 2.13. The number of hydrogen-bond donors (Lipinski definition) is 0. The summed E-state index contributed by atoms with van der Waals surface area (Å²) in [5.74, 6) is 0.626. The molecule has 0 fully saturated rings. The van der Waals surface area contributed by atoms with Gasteiger partial charge in [0.25, 0.3) is 0 Å². The summed E-state index contributed by atoms with van der Waals surface area (Å²) in [7, 11) is 0. The molecule has 0 aliphatic carbocycles. The van der Waals surface area contributed by atoms with E-state index in [1.54, 1.807) is 12.3 Å². The zero-order chi connectivity index (χ0) is 10.4. The van der Waals surface area contributed by atoms with Crippen LogP contribution in [-0.2, 0) is 0 Å². The van der Waals surface area contributed by atoms with Gasteiger partial charge in [-0.3, -0.25) is 4.79 Å². The largest absolute Gasteiger partial charge is 0.294 e. The average molecular weight is 192 g/mol. The Labute approximate surface area is 84.6 Å². The topological polar surface area (TPSA) is 42.9 Å². The maximum absolute atomic E-state index is 11.7. The molecule has 0 amide bonds. The molecule has 1 aromatic heterocycles. The van der Waals surface area contributed by atoms with Crippen LogP contribution in [0, 0.1) is 5.92 Å². The Morgan fingerprint density at radius 2 is 2.29 bits per heavy atom. The summed E-state index contributed by atoms with van der Waals surface area (Å²) >= 11 is 0. The van der Waals surface area contributed by atoms with Crippen molar-refractivity contribution >= 4 is 5.78 Å². The molecule has 0 aliphatic heterocycles. The maximum Gasteiger partial charge on any atom is 0.164 e. The van der Waals surface area contributed by atoms with Crippen molar-refractivity contribution in [3.8, 4) is 0 Å². The fraction of sp³-hybridized carbons (Fsp3) is 0.545. The predicted molar refractivity (Wildman–Crippen MR) is 55.1 cm³/mol. The van der Waals surface area contributed by atoms with Crippen LogP contribution < -0.4 is 0 Å². The highest BCUT2D eigenvalue weighted by atomic mass is 16.1. The number of rotatable bonds is 5. The number of carbonyl (C=O) groups excluding carboxylic acids is 1. The van der Waals surface area contributed by atoms with Gasteiger partial charge in [0.05, 0.1) is 12.4 Å². The van der Waals surface area contributed by atoms with E-state index in [4.69, 9.17) is 0 Å². The van der Waals surface area contributed by atoms with Crippen molar-refractivity contribution < 1.29 is 4.79 Å². The van der Waals surface area contributed by atoms with Crippen LogP contribution in [0.25, 0.3) is 0 Å². The van der Waals surface area contributed by atoms with Gasteiger partial charge in [0, 0.05) is 12.0 Å². The first kappa shape index (κ1) is 10.8. The van der Waals surface area contributed by atoms with Crippen LogP contribution in [0.5, 0.6) is 0 Å². The fourth-order valence-electron chi connectivity index (χ4n) is 1.48. The van der Waals surface area contributed by atoms with Crippen molar-refractivity contribution in [3.05, 3.63) is 24.0 Å². The molecule has 0 saturated carbocycles. The van der Waals surface area contributed by atoms with E-state index in [1.165, 1.54) is 6.20 Å². The van der Waals surface area contributed by atoms with E-state index in [0.717, 1.165) is 12.8 Å². The molecular weight excluding hydrogens is 176 g/mol. The Morgan fingerprint density at radius 1 is 1.50 bits per heavy atom. The second kappa shape index (κ2) is 5.47. The number of ketones is 1. The third kappa shape index (κ3) is 3.24. The Morgan fingerprint density at radius 3 is 2.86 bits per heavy atom. The highest BCUT2D eigenvalue weighted by molar-refractivity contribution is 5.95. The molecule has 0 bridgehead atoms. The summed E-state index contributed by atoms with van der Waals surface area (Å²) in [6.07, 6.45) is 5.92. The predicted octanol–water partition coefficient (Wildman–Crippen LogP) is 2.49. The third-order valence-corrected chi connectivity index (χ3v) is 2.22. The van der Waals surface area contributed by atoms with Crippen LogP contribution in [0.15, 0.2) is 18.5 Å². The molecule has 1 heterocycles. The van der Waals surface area contributed by atoms with Gasteiger partial charge in [-0.05, 0) is 12.0 Å². The molecule has 0 spiro atoms. The van der Waals surface area contributed by atoms with Crippen molar-refractivity contribution in [3.63, 3.8) is 0 Å². The smallest absolute Gasteiger partial charge is 0.164 e. The van der Waals surface area contributed by atoms with Gasteiger partial charge in [-0.1, -0.05) is 26.7 Å². The van der Waals surface area contributed by atoms with Crippen LogP contribution in [0.4, 0.5) is 0 Å². The number of Topliss-reactive ketones (excluding diaryl/α,β-unsaturated/α-hetero) is 1. The minimum absolute atomic E-state index is 0.167. The van der Waals surface area contributed by atoms with Crippen LogP contribution in [0.3, 0.4) is 0 Å².